The number of aromatic hydroxyl groups is 1. The maximum Gasteiger partial charge on any atom is 0.115 e. The van der Waals surface area contributed by atoms with Crippen LogP contribution < -0.4 is 5.32 Å². The van der Waals surface area contributed by atoms with Crippen LogP contribution in [0.1, 0.15) is 5.56 Å². The van der Waals surface area contributed by atoms with Crippen LogP contribution in [0.2, 0.25) is 10.0 Å². The van der Waals surface area contributed by atoms with Gasteiger partial charge in [0, 0.05) is 11.6 Å². The smallest absolute Gasteiger partial charge is 0.115 e. The molecule has 0 atom stereocenters. The van der Waals surface area contributed by atoms with Crippen molar-refractivity contribution in [3.05, 3.63) is 58.1 Å². The summed E-state index contributed by atoms with van der Waals surface area (Å²) < 4.78 is 0. The van der Waals surface area contributed by atoms with E-state index in [1.807, 2.05) is 6.07 Å². The predicted molar refractivity (Wildman–Crippen MR) is 71.9 cm³/mol. The van der Waals surface area contributed by atoms with E-state index in [1.54, 1.807) is 36.4 Å². The predicted octanol–water partition coefficient (Wildman–Crippen LogP) is 4.31. The van der Waals surface area contributed by atoms with Gasteiger partial charge in [-0.3, -0.25) is 0 Å². The van der Waals surface area contributed by atoms with E-state index in [2.05, 4.69) is 5.32 Å². The molecule has 0 aliphatic rings. The normalized spacial score (nSPS) is 10.2. The van der Waals surface area contributed by atoms with E-state index in [-0.39, 0.29) is 5.75 Å². The van der Waals surface area contributed by atoms with Crippen molar-refractivity contribution in [1.29, 1.82) is 0 Å². The van der Waals surface area contributed by atoms with Gasteiger partial charge in [0.1, 0.15) is 5.75 Å². The summed E-state index contributed by atoms with van der Waals surface area (Å²) in [6, 6.07) is 12.3. The summed E-state index contributed by atoms with van der Waals surface area (Å²) >= 11 is 11.9. The molecule has 4 heteroatoms. The van der Waals surface area contributed by atoms with E-state index < -0.39 is 0 Å². The quantitative estimate of drug-likeness (QED) is 0.869. The molecular formula is C13H11Cl2NO. The van der Waals surface area contributed by atoms with Gasteiger partial charge in [-0.1, -0.05) is 35.3 Å². The first kappa shape index (κ1) is 12.1. The zero-order valence-electron chi connectivity index (χ0n) is 8.95. The summed E-state index contributed by atoms with van der Waals surface area (Å²) in [5.41, 5.74) is 1.75. The van der Waals surface area contributed by atoms with Gasteiger partial charge < -0.3 is 10.4 Å². The number of nitrogens with one attached hydrogen (secondary N) is 1. The number of phenolic OH excluding ortho intramolecular Hbond substituents is 1. The van der Waals surface area contributed by atoms with Crippen molar-refractivity contribution in [1.82, 2.24) is 0 Å². The van der Waals surface area contributed by atoms with Crippen LogP contribution in [0.5, 0.6) is 5.75 Å². The Morgan fingerprint density at radius 1 is 1.06 bits per heavy atom. The highest BCUT2D eigenvalue weighted by Gasteiger charge is 2.01. The minimum Gasteiger partial charge on any atom is -0.508 e. The Kier molecular flexibility index (Phi) is 3.77. The lowest BCUT2D eigenvalue weighted by Crippen LogP contribution is -1.99. The van der Waals surface area contributed by atoms with Crippen LogP contribution in [0, 0.1) is 0 Å². The molecule has 0 fully saturated rings. The summed E-state index contributed by atoms with van der Waals surface area (Å²) in [6.45, 7) is 0.578. The molecule has 0 unspecified atom stereocenters. The van der Waals surface area contributed by atoms with Crippen molar-refractivity contribution < 1.29 is 5.11 Å². The lowest BCUT2D eigenvalue weighted by atomic mass is 10.2. The summed E-state index contributed by atoms with van der Waals surface area (Å²) in [4.78, 5) is 0. The third-order valence-electron chi connectivity index (χ3n) is 2.32. The van der Waals surface area contributed by atoms with Crippen LogP contribution in [0.3, 0.4) is 0 Å². The van der Waals surface area contributed by atoms with Gasteiger partial charge in [0.05, 0.1) is 10.7 Å². The Balaban J connectivity index is 2.09. The first-order valence-electron chi connectivity index (χ1n) is 5.12. The van der Waals surface area contributed by atoms with Crippen molar-refractivity contribution in [3.63, 3.8) is 0 Å². The summed E-state index contributed by atoms with van der Waals surface area (Å²) in [5.74, 6) is 0.251. The van der Waals surface area contributed by atoms with Crippen molar-refractivity contribution in [2.75, 3.05) is 5.32 Å². The van der Waals surface area contributed by atoms with E-state index >= 15 is 0 Å². The molecule has 88 valence electrons. The Labute approximate surface area is 110 Å². The van der Waals surface area contributed by atoms with Crippen LogP contribution in [0.4, 0.5) is 5.69 Å². The van der Waals surface area contributed by atoms with E-state index in [4.69, 9.17) is 23.2 Å². The topological polar surface area (TPSA) is 32.3 Å². The van der Waals surface area contributed by atoms with Gasteiger partial charge >= 0.3 is 0 Å². The first-order chi connectivity index (χ1) is 8.15. The molecule has 0 heterocycles. The third-order valence-corrected chi connectivity index (χ3v) is 2.89. The van der Waals surface area contributed by atoms with Gasteiger partial charge in [0.15, 0.2) is 0 Å². The highest BCUT2D eigenvalue weighted by Crippen LogP contribution is 2.26. The fraction of sp³-hybridized carbons (Fsp3) is 0.0769. The molecule has 0 bridgehead atoms. The highest BCUT2D eigenvalue weighted by molar-refractivity contribution is 6.35. The number of phenols is 1. The van der Waals surface area contributed by atoms with Crippen LogP contribution in [-0.4, -0.2) is 5.11 Å². The Bertz CT molecular complexity index is 529. The second kappa shape index (κ2) is 5.30. The maximum absolute atomic E-state index is 9.33. The zero-order chi connectivity index (χ0) is 12.3. The molecule has 0 saturated heterocycles. The molecule has 0 saturated carbocycles. The van der Waals surface area contributed by atoms with Crippen LogP contribution in [0.25, 0.3) is 0 Å². The molecule has 0 aliphatic heterocycles. The van der Waals surface area contributed by atoms with Crippen LogP contribution >= 0.6 is 23.2 Å². The average molecular weight is 268 g/mol. The maximum atomic E-state index is 9.33. The second-order valence-electron chi connectivity index (χ2n) is 3.65. The molecule has 2 nitrogen and oxygen atoms in total. The summed E-state index contributed by atoms with van der Waals surface area (Å²) in [6.07, 6.45) is 0. The molecule has 2 N–H and O–H groups in total. The lowest BCUT2D eigenvalue weighted by Gasteiger charge is -2.09. The Hall–Kier alpha value is -1.38. The summed E-state index contributed by atoms with van der Waals surface area (Å²) in [7, 11) is 0. The van der Waals surface area contributed by atoms with E-state index in [0.29, 0.717) is 16.6 Å². The van der Waals surface area contributed by atoms with Crippen molar-refractivity contribution >= 4 is 28.9 Å². The molecule has 0 spiro atoms. The molecule has 0 aliphatic carbocycles. The molecule has 0 aromatic heterocycles. The van der Waals surface area contributed by atoms with Gasteiger partial charge in [-0.25, -0.2) is 0 Å². The van der Waals surface area contributed by atoms with Crippen molar-refractivity contribution in [2.45, 2.75) is 6.54 Å². The highest BCUT2D eigenvalue weighted by atomic mass is 35.5. The molecule has 0 amide bonds. The monoisotopic (exact) mass is 267 g/mol. The van der Waals surface area contributed by atoms with Gasteiger partial charge in [0.25, 0.3) is 0 Å². The number of anilines is 1. The fourth-order valence-electron chi connectivity index (χ4n) is 1.50. The van der Waals surface area contributed by atoms with Gasteiger partial charge in [-0.05, 0) is 35.9 Å². The number of hydrogen-bond donors (Lipinski definition) is 2. The third kappa shape index (κ3) is 3.29. The minimum absolute atomic E-state index is 0.251. The number of rotatable bonds is 3. The van der Waals surface area contributed by atoms with Gasteiger partial charge in [-0.2, -0.15) is 0 Å². The minimum atomic E-state index is 0.251. The van der Waals surface area contributed by atoms with Gasteiger partial charge in [0.2, 0.25) is 0 Å². The van der Waals surface area contributed by atoms with Crippen molar-refractivity contribution in [3.8, 4) is 5.75 Å². The van der Waals surface area contributed by atoms with Crippen LogP contribution in [-0.2, 0) is 6.54 Å². The standard InChI is InChI=1S/C13H11Cl2NO/c14-10-4-5-12(15)13(7-10)16-8-9-2-1-3-11(17)6-9/h1-7,16-17H,8H2. The number of halogens is 2. The molecule has 2 aromatic carbocycles. The lowest BCUT2D eigenvalue weighted by molar-refractivity contribution is 0.474. The Morgan fingerprint density at radius 2 is 1.88 bits per heavy atom. The SMILES string of the molecule is Oc1cccc(CNc2cc(Cl)ccc2Cl)c1. The average Bonchev–Trinajstić information content (AvgIpc) is 2.30. The van der Waals surface area contributed by atoms with Crippen molar-refractivity contribution in [2.24, 2.45) is 0 Å². The first-order valence-corrected chi connectivity index (χ1v) is 5.87. The second-order valence-corrected chi connectivity index (χ2v) is 4.49. The number of hydrogen-bond acceptors (Lipinski definition) is 2. The molecule has 0 radical (unpaired) electrons. The molecular weight excluding hydrogens is 257 g/mol. The van der Waals surface area contributed by atoms with E-state index in [0.717, 1.165) is 11.3 Å². The molecule has 2 rings (SSSR count). The largest absolute Gasteiger partial charge is 0.508 e. The van der Waals surface area contributed by atoms with Crippen LogP contribution in [0.15, 0.2) is 42.5 Å². The molecule has 2 aromatic rings. The fourth-order valence-corrected chi connectivity index (χ4v) is 1.85. The van der Waals surface area contributed by atoms with E-state index in [9.17, 15) is 5.11 Å². The van der Waals surface area contributed by atoms with Gasteiger partial charge in [-0.15, -0.1) is 0 Å². The molecule has 17 heavy (non-hydrogen) atoms. The van der Waals surface area contributed by atoms with E-state index in [1.165, 1.54) is 0 Å². The number of benzene rings is 2. The summed E-state index contributed by atoms with van der Waals surface area (Å²) in [5, 5.41) is 13.8. The zero-order valence-corrected chi connectivity index (χ0v) is 10.5. The Morgan fingerprint density at radius 3 is 2.65 bits per heavy atom.